The minimum absolute atomic E-state index is 0.117. The maximum absolute atomic E-state index is 11.9. The van der Waals surface area contributed by atoms with Crippen molar-refractivity contribution >= 4 is 12.1 Å². The Hall–Kier alpha value is -3.02. The number of ether oxygens (including phenoxy) is 3. The van der Waals surface area contributed by atoms with Crippen molar-refractivity contribution in [2.75, 3.05) is 20.8 Å². The number of amides is 1. The van der Waals surface area contributed by atoms with Gasteiger partial charge in [0, 0.05) is 5.56 Å². The van der Waals surface area contributed by atoms with Crippen molar-refractivity contribution in [3.63, 3.8) is 0 Å². The molecule has 0 unspecified atom stereocenters. The molecular weight excluding hydrogens is 332 g/mol. The summed E-state index contributed by atoms with van der Waals surface area (Å²) in [5, 5.41) is 3.94. The van der Waals surface area contributed by atoms with Crippen LogP contribution in [0.3, 0.4) is 0 Å². The van der Waals surface area contributed by atoms with E-state index >= 15 is 0 Å². The van der Waals surface area contributed by atoms with Gasteiger partial charge in [-0.15, -0.1) is 0 Å². The minimum Gasteiger partial charge on any atom is -0.493 e. The summed E-state index contributed by atoms with van der Waals surface area (Å²) in [5.74, 6) is 1.89. The van der Waals surface area contributed by atoms with Crippen LogP contribution in [0.5, 0.6) is 17.2 Å². The van der Waals surface area contributed by atoms with Gasteiger partial charge in [-0.2, -0.15) is 5.10 Å². The summed E-state index contributed by atoms with van der Waals surface area (Å²) in [6, 6.07) is 13.1. The van der Waals surface area contributed by atoms with E-state index in [0.29, 0.717) is 28.7 Å². The van der Waals surface area contributed by atoms with Crippen LogP contribution in [0.2, 0.25) is 0 Å². The van der Waals surface area contributed by atoms with E-state index in [2.05, 4.69) is 24.4 Å². The Balaban J connectivity index is 1.88. The molecule has 1 amide bonds. The number of hydrogen-bond donors (Lipinski definition) is 1. The van der Waals surface area contributed by atoms with Crippen molar-refractivity contribution in [2.24, 2.45) is 5.10 Å². The van der Waals surface area contributed by atoms with Crippen molar-refractivity contribution in [2.45, 2.75) is 19.8 Å². The van der Waals surface area contributed by atoms with Crippen LogP contribution in [0, 0.1) is 0 Å². The molecule has 2 aromatic carbocycles. The molecule has 0 saturated heterocycles. The fraction of sp³-hybridized carbons (Fsp3) is 0.300. The highest BCUT2D eigenvalue weighted by Gasteiger charge is 2.08. The molecule has 0 bridgehead atoms. The number of nitrogens with zero attached hydrogens (tertiary/aromatic N) is 1. The van der Waals surface area contributed by atoms with Gasteiger partial charge < -0.3 is 14.2 Å². The second kappa shape index (κ2) is 9.46. The van der Waals surface area contributed by atoms with Gasteiger partial charge in [-0.05, 0) is 35.7 Å². The Labute approximate surface area is 153 Å². The van der Waals surface area contributed by atoms with Crippen molar-refractivity contribution in [3.8, 4) is 17.2 Å². The fourth-order valence-electron chi connectivity index (χ4n) is 2.32. The van der Waals surface area contributed by atoms with E-state index < -0.39 is 0 Å². The number of rotatable bonds is 8. The highest BCUT2D eigenvalue weighted by molar-refractivity contribution is 5.86. The van der Waals surface area contributed by atoms with Crippen LogP contribution in [-0.4, -0.2) is 32.9 Å². The summed E-state index contributed by atoms with van der Waals surface area (Å²) in [6.45, 7) is 4.13. The summed E-state index contributed by atoms with van der Waals surface area (Å²) >= 11 is 0. The highest BCUT2D eigenvalue weighted by Crippen LogP contribution is 2.29. The molecule has 2 aromatic rings. The summed E-state index contributed by atoms with van der Waals surface area (Å²) in [5.41, 5.74) is 4.34. The molecule has 2 rings (SSSR count). The monoisotopic (exact) mass is 356 g/mol. The summed E-state index contributed by atoms with van der Waals surface area (Å²) in [6.07, 6.45) is 1.50. The molecule has 6 nitrogen and oxygen atoms in total. The number of carbonyl (C=O) groups excluding carboxylic acids is 1. The average molecular weight is 356 g/mol. The molecule has 0 heterocycles. The third-order valence-corrected chi connectivity index (χ3v) is 3.74. The van der Waals surface area contributed by atoms with Gasteiger partial charge in [0.05, 0.1) is 20.4 Å². The van der Waals surface area contributed by atoms with Gasteiger partial charge in [-0.3, -0.25) is 4.79 Å². The first-order valence-electron chi connectivity index (χ1n) is 8.30. The predicted molar refractivity (Wildman–Crippen MR) is 101 cm³/mol. The Morgan fingerprint density at radius 3 is 2.46 bits per heavy atom. The number of hydrazone groups is 1. The van der Waals surface area contributed by atoms with Crippen LogP contribution in [0.1, 0.15) is 30.9 Å². The molecule has 0 saturated carbocycles. The van der Waals surface area contributed by atoms with Crippen molar-refractivity contribution in [3.05, 3.63) is 53.6 Å². The first-order valence-corrected chi connectivity index (χ1v) is 8.30. The van der Waals surface area contributed by atoms with Gasteiger partial charge in [-0.1, -0.05) is 32.0 Å². The molecule has 0 fully saturated rings. The number of nitrogens with one attached hydrogen (secondary N) is 1. The largest absolute Gasteiger partial charge is 0.493 e. The van der Waals surface area contributed by atoms with Crippen molar-refractivity contribution in [1.82, 2.24) is 5.43 Å². The summed E-state index contributed by atoms with van der Waals surface area (Å²) < 4.78 is 16.0. The number of carbonyl (C=O) groups is 1. The van der Waals surface area contributed by atoms with Gasteiger partial charge in [0.15, 0.2) is 18.1 Å². The van der Waals surface area contributed by atoms with E-state index in [1.54, 1.807) is 20.3 Å². The zero-order valence-electron chi connectivity index (χ0n) is 15.5. The van der Waals surface area contributed by atoms with Crippen LogP contribution >= 0.6 is 0 Å². The molecule has 0 aliphatic rings. The predicted octanol–water partition coefficient (Wildman–Crippen LogP) is 3.36. The first-order chi connectivity index (χ1) is 12.5. The SMILES string of the molecule is COc1cccc(/C=N/NC(=O)COc2ccc(C(C)C)cc2)c1OC. The Morgan fingerprint density at radius 2 is 1.85 bits per heavy atom. The lowest BCUT2D eigenvalue weighted by Crippen LogP contribution is -2.24. The van der Waals surface area contributed by atoms with Crippen LogP contribution < -0.4 is 19.6 Å². The maximum Gasteiger partial charge on any atom is 0.277 e. The molecule has 0 aromatic heterocycles. The second-order valence-electron chi connectivity index (χ2n) is 5.89. The van der Waals surface area contributed by atoms with E-state index in [0.717, 1.165) is 0 Å². The lowest BCUT2D eigenvalue weighted by molar-refractivity contribution is -0.123. The quantitative estimate of drug-likeness (QED) is 0.582. The first kappa shape index (κ1) is 19.3. The summed E-state index contributed by atoms with van der Waals surface area (Å²) in [4.78, 5) is 11.9. The highest BCUT2D eigenvalue weighted by atomic mass is 16.5. The van der Waals surface area contributed by atoms with Crippen LogP contribution in [0.15, 0.2) is 47.6 Å². The van der Waals surface area contributed by atoms with Crippen LogP contribution in [-0.2, 0) is 4.79 Å². The summed E-state index contributed by atoms with van der Waals surface area (Å²) in [7, 11) is 3.11. The Morgan fingerprint density at radius 1 is 1.12 bits per heavy atom. The molecule has 0 radical (unpaired) electrons. The Bertz CT molecular complexity index is 755. The molecule has 26 heavy (non-hydrogen) atoms. The second-order valence-corrected chi connectivity index (χ2v) is 5.89. The van der Waals surface area contributed by atoms with E-state index in [1.165, 1.54) is 11.8 Å². The molecule has 6 heteroatoms. The van der Waals surface area contributed by atoms with Gasteiger partial charge >= 0.3 is 0 Å². The zero-order chi connectivity index (χ0) is 18.9. The number of benzene rings is 2. The average Bonchev–Trinajstić information content (AvgIpc) is 2.66. The smallest absolute Gasteiger partial charge is 0.277 e. The molecule has 138 valence electrons. The minimum atomic E-state index is -0.351. The Kier molecular flexibility index (Phi) is 7.02. The number of methoxy groups -OCH3 is 2. The standard InChI is InChI=1S/C20H24N2O4/c1-14(2)15-8-10-17(11-9-15)26-13-19(23)22-21-12-16-6-5-7-18(24-3)20(16)25-4/h5-12,14H,13H2,1-4H3,(H,22,23)/b21-12+. The fourth-order valence-corrected chi connectivity index (χ4v) is 2.32. The molecule has 0 aliphatic carbocycles. The molecule has 0 spiro atoms. The van der Waals surface area contributed by atoms with E-state index in [4.69, 9.17) is 14.2 Å². The van der Waals surface area contributed by atoms with E-state index in [9.17, 15) is 4.79 Å². The molecule has 1 N–H and O–H groups in total. The maximum atomic E-state index is 11.9. The van der Waals surface area contributed by atoms with E-state index in [-0.39, 0.29) is 12.5 Å². The normalized spacial score (nSPS) is 10.8. The van der Waals surface area contributed by atoms with Crippen molar-refractivity contribution in [1.29, 1.82) is 0 Å². The van der Waals surface area contributed by atoms with Gasteiger partial charge in [0.2, 0.25) is 0 Å². The van der Waals surface area contributed by atoms with Gasteiger partial charge in [-0.25, -0.2) is 5.43 Å². The lowest BCUT2D eigenvalue weighted by Gasteiger charge is -2.09. The van der Waals surface area contributed by atoms with E-state index in [1.807, 2.05) is 36.4 Å². The number of hydrogen-bond acceptors (Lipinski definition) is 5. The lowest BCUT2D eigenvalue weighted by atomic mass is 10.0. The van der Waals surface area contributed by atoms with Gasteiger partial charge in [0.1, 0.15) is 5.75 Å². The topological polar surface area (TPSA) is 69.2 Å². The number of para-hydroxylation sites is 1. The molecular formula is C20H24N2O4. The van der Waals surface area contributed by atoms with Crippen LogP contribution in [0.4, 0.5) is 0 Å². The third kappa shape index (κ3) is 5.24. The molecule has 0 atom stereocenters. The zero-order valence-corrected chi connectivity index (χ0v) is 15.5. The molecule has 0 aliphatic heterocycles. The third-order valence-electron chi connectivity index (χ3n) is 3.74. The van der Waals surface area contributed by atoms with Crippen LogP contribution in [0.25, 0.3) is 0 Å². The van der Waals surface area contributed by atoms with Crippen molar-refractivity contribution < 1.29 is 19.0 Å². The van der Waals surface area contributed by atoms with Gasteiger partial charge in [0.25, 0.3) is 5.91 Å².